The van der Waals surface area contributed by atoms with Crippen LogP contribution in [0.5, 0.6) is 0 Å². The van der Waals surface area contributed by atoms with Gasteiger partial charge in [0, 0.05) is 60.3 Å². The summed E-state index contributed by atoms with van der Waals surface area (Å²) >= 11 is 1.89. The number of allylic oxidation sites excluding steroid dienone is 6. The van der Waals surface area contributed by atoms with E-state index in [0.717, 1.165) is 28.1 Å². The fourth-order valence-electron chi connectivity index (χ4n) is 7.58. The second-order valence-corrected chi connectivity index (χ2v) is 14.3. The maximum atomic E-state index is 4.40. The summed E-state index contributed by atoms with van der Waals surface area (Å²) < 4.78 is 5.06. The van der Waals surface area contributed by atoms with Gasteiger partial charge in [-0.1, -0.05) is 135 Å². The molecule has 0 aliphatic carbocycles. The number of hydrogen-bond donors (Lipinski definition) is 0. The third-order valence-electron chi connectivity index (χ3n) is 10.1. The lowest BCUT2D eigenvalue weighted by Crippen LogP contribution is -2.09. The molecule has 0 radical (unpaired) electrons. The van der Waals surface area contributed by atoms with Crippen molar-refractivity contribution in [2.45, 2.75) is 13.8 Å². The first-order chi connectivity index (χ1) is 26.6. The van der Waals surface area contributed by atoms with Crippen LogP contribution in [0.3, 0.4) is 0 Å². The van der Waals surface area contributed by atoms with Crippen molar-refractivity contribution in [3.8, 4) is 16.8 Å². The maximum absolute atomic E-state index is 4.40. The van der Waals surface area contributed by atoms with Gasteiger partial charge in [0.25, 0.3) is 0 Å². The van der Waals surface area contributed by atoms with Gasteiger partial charge in [-0.3, -0.25) is 4.99 Å². The van der Waals surface area contributed by atoms with Crippen molar-refractivity contribution >= 4 is 82.1 Å². The summed E-state index contributed by atoms with van der Waals surface area (Å²) in [5, 5.41) is 7.65. The molecule has 8 rings (SSSR count). The molecule has 262 valence electrons. The number of aromatic nitrogens is 1. The summed E-state index contributed by atoms with van der Waals surface area (Å²) in [6.45, 7) is 16.6. The van der Waals surface area contributed by atoms with Crippen LogP contribution in [0.1, 0.15) is 25.0 Å². The standard InChI is InChI=1S/C50H41N3S/c1-6-10-31-52(9-4)33-44(51-5)37-25-28-39(29-26-37)53-45-30-27-38(36-23-21-35(22-24-36)34(15-7-2)16-8-3)32-43(45)48-49(53)41-18-12-11-17-40(41)47-42-19-13-14-20-46(42)54-50(47)48/h6-30,32-33H,2,4-5,31H2,1,3H3/b10-6-,16-8-,34-15+,44-33-. The van der Waals surface area contributed by atoms with E-state index in [4.69, 9.17) is 0 Å². The van der Waals surface area contributed by atoms with Crippen molar-refractivity contribution in [3.63, 3.8) is 0 Å². The molecule has 0 bridgehead atoms. The molecule has 0 fully saturated rings. The van der Waals surface area contributed by atoms with Crippen LogP contribution >= 0.6 is 11.3 Å². The minimum Gasteiger partial charge on any atom is -0.349 e. The fourth-order valence-corrected chi connectivity index (χ4v) is 8.86. The van der Waals surface area contributed by atoms with Crippen LogP contribution in [0.25, 0.3) is 80.8 Å². The molecule has 2 heterocycles. The summed E-state index contributed by atoms with van der Waals surface area (Å²) in [6.07, 6.45) is 16.0. The summed E-state index contributed by atoms with van der Waals surface area (Å²) in [6, 6.07) is 42.2. The zero-order valence-electron chi connectivity index (χ0n) is 30.7. The molecule has 0 saturated heterocycles. The van der Waals surface area contributed by atoms with Crippen molar-refractivity contribution in [1.82, 2.24) is 9.47 Å². The summed E-state index contributed by atoms with van der Waals surface area (Å²) in [7, 11) is 0. The van der Waals surface area contributed by atoms with Crippen LogP contribution in [-0.4, -0.2) is 22.7 Å². The lowest BCUT2D eigenvalue weighted by atomic mass is 9.97. The van der Waals surface area contributed by atoms with Crippen molar-refractivity contribution in [1.29, 1.82) is 0 Å². The molecular formula is C50H41N3S. The fraction of sp³-hybridized carbons (Fsp3) is 0.0600. The highest BCUT2D eigenvalue weighted by Gasteiger charge is 2.22. The molecule has 0 atom stereocenters. The van der Waals surface area contributed by atoms with E-state index >= 15 is 0 Å². The third kappa shape index (κ3) is 6.01. The Labute approximate surface area is 320 Å². The van der Waals surface area contributed by atoms with Crippen molar-refractivity contribution in [2.24, 2.45) is 4.99 Å². The lowest BCUT2D eigenvalue weighted by molar-refractivity contribution is 0.568. The molecular weight excluding hydrogens is 675 g/mol. The largest absolute Gasteiger partial charge is 0.349 e. The number of nitrogens with zero attached hydrogens (tertiary/aromatic N) is 3. The van der Waals surface area contributed by atoms with Gasteiger partial charge in [0.15, 0.2) is 0 Å². The zero-order valence-corrected chi connectivity index (χ0v) is 31.5. The van der Waals surface area contributed by atoms with Crippen LogP contribution in [0, 0.1) is 0 Å². The summed E-state index contributed by atoms with van der Waals surface area (Å²) in [4.78, 5) is 6.41. The predicted octanol–water partition coefficient (Wildman–Crippen LogP) is 14.1. The van der Waals surface area contributed by atoms with Gasteiger partial charge in [0.2, 0.25) is 0 Å². The van der Waals surface area contributed by atoms with Gasteiger partial charge in [-0.25, -0.2) is 0 Å². The Bertz CT molecular complexity index is 2860. The van der Waals surface area contributed by atoms with E-state index in [-0.39, 0.29) is 0 Å². The smallest absolute Gasteiger partial charge is 0.0856 e. The van der Waals surface area contributed by atoms with E-state index in [1.165, 1.54) is 63.9 Å². The average molecular weight is 716 g/mol. The minimum atomic E-state index is 0.716. The highest BCUT2D eigenvalue weighted by Crippen LogP contribution is 2.48. The summed E-state index contributed by atoms with van der Waals surface area (Å²) in [5.41, 5.74) is 9.91. The Kier molecular flexibility index (Phi) is 9.52. The number of rotatable bonds is 11. The number of hydrogen-bond acceptors (Lipinski definition) is 3. The predicted molar refractivity (Wildman–Crippen MR) is 239 cm³/mol. The Morgan fingerprint density at radius 3 is 2.15 bits per heavy atom. The van der Waals surface area contributed by atoms with Crippen LogP contribution in [0.4, 0.5) is 0 Å². The molecule has 0 aliphatic heterocycles. The van der Waals surface area contributed by atoms with Crippen molar-refractivity contribution < 1.29 is 0 Å². The Morgan fingerprint density at radius 1 is 0.741 bits per heavy atom. The Hall–Kier alpha value is -6.49. The molecule has 2 aromatic heterocycles. The molecule has 3 nitrogen and oxygen atoms in total. The molecule has 0 unspecified atom stereocenters. The highest BCUT2D eigenvalue weighted by molar-refractivity contribution is 7.27. The number of aliphatic imine (C=N–C) groups is 1. The molecule has 8 aromatic rings. The molecule has 6 aromatic carbocycles. The summed E-state index contributed by atoms with van der Waals surface area (Å²) in [5.74, 6) is 0. The monoisotopic (exact) mass is 715 g/mol. The van der Waals surface area contributed by atoms with E-state index in [0.29, 0.717) is 6.54 Å². The lowest BCUT2D eigenvalue weighted by Gasteiger charge is -2.15. The number of thiophene rings is 1. The Morgan fingerprint density at radius 2 is 1.44 bits per heavy atom. The second kappa shape index (κ2) is 14.9. The molecule has 4 heteroatoms. The quantitative estimate of drug-likeness (QED) is 0.0742. The van der Waals surface area contributed by atoms with Gasteiger partial charge in [-0.05, 0) is 84.7 Å². The Balaban J connectivity index is 1.38. The molecule has 0 aliphatic rings. The van der Waals surface area contributed by atoms with Crippen LogP contribution in [0.2, 0.25) is 0 Å². The first-order valence-electron chi connectivity index (χ1n) is 18.2. The van der Waals surface area contributed by atoms with Crippen LogP contribution in [0.15, 0.2) is 182 Å². The molecule has 54 heavy (non-hydrogen) atoms. The first kappa shape index (κ1) is 34.6. The average Bonchev–Trinajstić information content (AvgIpc) is 3.78. The van der Waals surface area contributed by atoms with E-state index in [1.54, 1.807) is 6.20 Å². The van der Waals surface area contributed by atoms with Crippen molar-refractivity contribution in [3.05, 3.63) is 188 Å². The van der Waals surface area contributed by atoms with Gasteiger partial charge in [-0.2, -0.15) is 0 Å². The molecule has 0 saturated carbocycles. The van der Waals surface area contributed by atoms with E-state index in [2.05, 4.69) is 169 Å². The van der Waals surface area contributed by atoms with Crippen molar-refractivity contribution in [2.75, 3.05) is 6.54 Å². The normalized spacial score (nSPS) is 12.6. The van der Waals surface area contributed by atoms with E-state index < -0.39 is 0 Å². The van der Waals surface area contributed by atoms with Gasteiger partial charge in [0.1, 0.15) is 0 Å². The van der Waals surface area contributed by atoms with E-state index in [9.17, 15) is 0 Å². The minimum absolute atomic E-state index is 0.716. The van der Waals surface area contributed by atoms with Crippen LogP contribution in [-0.2, 0) is 0 Å². The van der Waals surface area contributed by atoms with E-state index in [1.807, 2.05) is 48.4 Å². The SMILES string of the molecule is C=C/C=C(\C=C/C)c1ccc(-c2ccc3c(c2)c2c4sc5ccccc5c4c4ccccc4c2n3-c2ccc(/C(=C/N(C=C)C/C=C\C)N=C)cc2)cc1. The molecule has 0 amide bonds. The molecule has 0 spiro atoms. The topological polar surface area (TPSA) is 20.5 Å². The number of benzene rings is 6. The van der Waals surface area contributed by atoms with Gasteiger partial charge >= 0.3 is 0 Å². The van der Waals surface area contributed by atoms with Gasteiger partial charge < -0.3 is 9.47 Å². The second-order valence-electron chi connectivity index (χ2n) is 13.2. The van der Waals surface area contributed by atoms with Crippen LogP contribution < -0.4 is 0 Å². The highest BCUT2D eigenvalue weighted by atomic mass is 32.1. The number of fused-ring (bicyclic) bond motifs is 10. The third-order valence-corrected chi connectivity index (χ3v) is 11.3. The maximum Gasteiger partial charge on any atom is 0.0856 e. The molecule has 0 N–H and O–H groups in total. The van der Waals surface area contributed by atoms with Gasteiger partial charge in [0.05, 0.1) is 16.7 Å². The first-order valence-corrected chi connectivity index (χ1v) is 19.0. The van der Waals surface area contributed by atoms with Gasteiger partial charge in [-0.15, -0.1) is 11.3 Å². The zero-order chi connectivity index (χ0) is 37.2.